The number of unbranched alkanes of at least 4 members (excludes halogenated alkanes) is 2. The van der Waals surface area contributed by atoms with Gasteiger partial charge in [0, 0.05) is 75.3 Å². The summed E-state index contributed by atoms with van der Waals surface area (Å²) >= 11 is 0.945. The molecule has 1 fully saturated rings. The van der Waals surface area contributed by atoms with Crippen LogP contribution in [0.1, 0.15) is 127 Å². The Hall–Kier alpha value is -12.1. The molecule has 1 aliphatic rings. The number of carbonyl (C=O) groups is 17. The van der Waals surface area contributed by atoms with Gasteiger partial charge in [-0.05, 0) is 124 Å². The number of fused-ring (bicyclic) bond motifs is 2. The first-order chi connectivity index (χ1) is 55.0. The Balaban J connectivity index is 1.44. The van der Waals surface area contributed by atoms with Gasteiger partial charge in [0.25, 0.3) is 0 Å². The molecule has 25 N–H and O–H groups in total. The van der Waals surface area contributed by atoms with E-state index in [4.69, 9.17) is 28.7 Å². The molecule has 1 saturated heterocycles. The van der Waals surface area contributed by atoms with E-state index in [9.17, 15) is 62.6 Å². The Morgan fingerprint density at radius 1 is 0.586 bits per heavy atom. The van der Waals surface area contributed by atoms with E-state index in [1.165, 1.54) is 13.8 Å². The number of carbonyl (C=O) groups excluding carboxylic acids is 17. The van der Waals surface area contributed by atoms with E-state index in [1.54, 1.807) is 85.9 Å². The Bertz CT molecular complexity index is 4370. The number of nitrogens with two attached hydrogens (primary N) is 5. The maximum absolute atomic E-state index is 15.7. The van der Waals surface area contributed by atoms with Crippen LogP contribution in [0.4, 0.5) is 0 Å². The van der Waals surface area contributed by atoms with Gasteiger partial charge in [0.1, 0.15) is 66.0 Å². The first kappa shape index (κ1) is 92.8. The van der Waals surface area contributed by atoms with Crippen molar-refractivity contribution < 1.29 is 86.6 Å². The zero-order chi connectivity index (χ0) is 85.3. The largest absolute Gasteiger partial charge is 0.391 e. The van der Waals surface area contributed by atoms with Crippen LogP contribution in [0.3, 0.4) is 0 Å². The summed E-state index contributed by atoms with van der Waals surface area (Å²) in [5, 5.41) is 46.8. The Morgan fingerprint density at radius 3 is 1.82 bits per heavy atom. The van der Waals surface area contributed by atoms with Crippen LogP contribution in [0.15, 0.2) is 97.2 Å². The van der Waals surface area contributed by atoms with E-state index in [0.717, 1.165) is 41.9 Å². The molecule has 628 valence electrons. The number of aryl methyl sites for hydroxylation is 1. The van der Waals surface area contributed by atoms with Crippen LogP contribution in [0, 0.1) is 6.92 Å². The normalized spacial score (nSPS) is 18.9. The number of aliphatic hydroxyl groups is 1. The highest BCUT2D eigenvalue weighted by atomic mass is 32.2. The number of benzene rings is 4. The molecule has 37 nitrogen and oxygen atoms in total. The molecule has 6 rings (SSSR count). The van der Waals surface area contributed by atoms with Crippen molar-refractivity contribution >= 4 is 134 Å². The van der Waals surface area contributed by atoms with Crippen molar-refractivity contribution in [1.29, 1.82) is 0 Å². The van der Waals surface area contributed by atoms with Crippen molar-refractivity contribution in [3.05, 3.63) is 119 Å². The van der Waals surface area contributed by atoms with Crippen LogP contribution in [-0.4, -0.2) is 214 Å². The van der Waals surface area contributed by atoms with Crippen molar-refractivity contribution in [3.63, 3.8) is 0 Å². The lowest BCUT2D eigenvalue weighted by atomic mass is 9.91. The highest BCUT2D eigenvalue weighted by Crippen LogP contribution is 2.23. The Labute approximate surface area is 673 Å². The molecule has 5 aromatic rings. The van der Waals surface area contributed by atoms with Crippen molar-refractivity contribution in [1.82, 2.24) is 74.1 Å². The number of nitrogens with one attached hydrogen (secondary N) is 14. The number of para-hydroxylation sites is 1. The molecule has 12 atom stereocenters. The predicted molar refractivity (Wildman–Crippen MR) is 428 cm³/mol. The van der Waals surface area contributed by atoms with E-state index in [2.05, 4.69) is 74.1 Å². The molecule has 0 saturated carbocycles. The summed E-state index contributed by atoms with van der Waals surface area (Å²) in [4.78, 5) is 239. The Kier molecular flexibility index (Phi) is 36.6. The molecule has 0 spiro atoms. The van der Waals surface area contributed by atoms with Gasteiger partial charge in [-0.1, -0.05) is 90.5 Å². The maximum Gasteiger partial charge on any atom is 0.246 e. The highest BCUT2D eigenvalue weighted by Gasteiger charge is 2.42. The minimum atomic E-state index is -1.98. The number of thioether (sulfide) groups is 1. The van der Waals surface area contributed by atoms with Gasteiger partial charge in [-0.2, -0.15) is 11.8 Å². The second-order valence-corrected chi connectivity index (χ2v) is 30.0. The summed E-state index contributed by atoms with van der Waals surface area (Å²) in [5.74, 6) is -16.8. The summed E-state index contributed by atoms with van der Waals surface area (Å²) in [6, 6.07) is 9.67. The SMILES string of the molecule is CC(=O)NCCCC[C@H](NC(=O)[C@](C)(CCCCN)NC(=O)[C@H](Cc1ccc2ccccc2c1)NC(=O)[C@H](Cc1ccc(C)cc1)NC(=O)[C@@H]1CSCC[C@H](NC(C)=O)C(=O)N[C@@H](CCC(N)=O)C(=O)N[C@@H]([C@@H](C)O)C(=O)N[C@@H](Cc2c[nH]c3ccccc23)C(=O)N[C@@H](CCC(N)=O)C(=O)N1)C(=O)N[C@@H](CC(N)=O)C(=O)NCC(N)=O. The molecular formula is C78H107N19O18S. The predicted octanol–water partition coefficient (Wildman–Crippen LogP) is -3.64. The minimum absolute atomic E-state index is 0.122. The van der Waals surface area contributed by atoms with Crippen LogP contribution in [0.5, 0.6) is 0 Å². The number of hydrogen-bond acceptors (Lipinski definition) is 20. The zero-order valence-electron chi connectivity index (χ0n) is 65.4. The van der Waals surface area contributed by atoms with E-state index in [1.807, 2.05) is 18.2 Å². The van der Waals surface area contributed by atoms with Crippen LogP contribution < -0.4 is 97.8 Å². The highest BCUT2D eigenvalue weighted by molar-refractivity contribution is 7.99. The summed E-state index contributed by atoms with van der Waals surface area (Å²) in [7, 11) is 0. The van der Waals surface area contributed by atoms with Crippen molar-refractivity contribution in [2.45, 2.75) is 203 Å². The lowest BCUT2D eigenvalue weighted by Crippen LogP contribution is -2.64. The molecule has 0 aliphatic carbocycles. The molecule has 2 heterocycles. The number of amides is 17. The van der Waals surface area contributed by atoms with Gasteiger partial charge in [-0.3, -0.25) is 81.5 Å². The van der Waals surface area contributed by atoms with E-state index >= 15 is 24.0 Å². The molecule has 116 heavy (non-hydrogen) atoms. The zero-order valence-corrected chi connectivity index (χ0v) is 66.2. The molecule has 4 aromatic carbocycles. The lowest BCUT2D eigenvalue weighted by Gasteiger charge is -2.34. The van der Waals surface area contributed by atoms with Crippen LogP contribution in [0.25, 0.3) is 21.7 Å². The van der Waals surface area contributed by atoms with Gasteiger partial charge >= 0.3 is 0 Å². The monoisotopic (exact) mass is 1630 g/mol. The molecule has 17 amide bonds. The van der Waals surface area contributed by atoms with Crippen LogP contribution in [-0.2, 0) is 101 Å². The fourth-order valence-electron chi connectivity index (χ4n) is 12.7. The van der Waals surface area contributed by atoms with E-state index in [0.29, 0.717) is 34.0 Å². The molecule has 1 aliphatic heterocycles. The number of aromatic amines is 1. The minimum Gasteiger partial charge on any atom is -0.391 e. The quantitative estimate of drug-likeness (QED) is 0.0170. The molecular weight excluding hydrogens is 1520 g/mol. The first-order valence-electron chi connectivity index (χ1n) is 38.1. The van der Waals surface area contributed by atoms with Crippen molar-refractivity contribution in [2.24, 2.45) is 28.7 Å². The van der Waals surface area contributed by atoms with Gasteiger partial charge in [0.05, 0.1) is 19.1 Å². The van der Waals surface area contributed by atoms with E-state index in [-0.39, 0.29) is 82.5 Å². The van der Waals surface area contributed by atoms with Gasteiger partial charge in [-0.25, -0.2) is 0 Å². The maximum atomic E-state index is 15.7. The molecule has 1 aromatic heterocycles. The van der Waals surface area contributed by atoms with Crippen molar-refractivity contribution in [2.75, 3.05) is 31.1 Å². The summed E-state index contributed by atoms with van der Waals surface area (Å²) < 4.78 is 0. The topological polar surface area (TPSA) is 613 Å². The fourth-order valence-corrected chi connectivity index (χ4v) is 13.8. The standard InChI is InChI=1S/C78H107N19O18S/c1-42-19-21-46(22-20-42)35-57(72(110)91-58(36-47-23-24-48-14-6-7-15-49(48)34-47)75(113)97-78(5,30-11-12-31-79)77(115)95-53(18-10-13-32-84-44(3)99)68(106)92-60(38-64(82)103)67(105)86-40-65(83)104)90-74(112)61-41-116-33-29-56(87-45(4)100)70(108)88-55(26-28-63(81)102)71(109)96-66(43(2)98)76(114)93-59(37-50-39-85-52-17-9-8-16-51(50)52)73(111)89-54(69(107)94-61)25-27-62(80)101/h6-9,14-17,19-24,34,39,43,53-61,66,85,98H,10-13,18,25-33,35-38,40-41,79H2,1-5H3,(H2,80,101)(H2,81,102)(H2,82,103)(H2,83,104)(H,84,99)(H,86,105)(H,87,100)(H,88,108)(H,89,111)(H,90,112)(H,91,110)(H,92,106)(H,93,114)(H,94,107)(H,95,115)(H,96,109)(H,97,113)/t43-,53+,54+,55+,56+,57+,58+,59+,60+,61+,66+,78+/m1/s1. The number of aromatic nitrogens is 1. The lowest BCUT2D eigenvalue weighted by molar-refractivity contribution is -0.138. The third-order valence-corrected chi connectivity index (χ3v) is 20.2. The van der Waals surface area contributed by atoms with Gasteiger partial charge < -0.3 is 108 Å². The second kappa shape index (κ2) is 45.7. The molecule has 38 heteroatoms. The third kappa shape index (κ3) is 30.4. The third-order valence-electron chi connectivity index (χ3n) is 19.1. The summed E-state index contributed by atoms with van der Waals surface area (Å²) in [5.41, 5.74) is 28.6. The number of H-pyrrole nitrogens is 1. The van der Waals surface area contributed by atoms with Gasteiger partial charge in [0.15, 0.2) is 0 Å². The number of hydrogen-bond donors (Lipinski definition) is 20. The summed E-state index contributed by atoms with van der Waals surface area (Å²) in [6.07, 6.45) is -3.40. The average molecular weight is 1630 g/mol. The number of rotatable bonds is 38. The smallest absolute Gasteiger partial charge is 0.246 e. The van der Waals surface area contributed by atoms with Crippen LogP contribution in [0.2, 0.25) is 0 Å². The molecule has 0 bridgehead atoms. The van der Waals surface area contributed by atoms with E-state index < -0.39 is 211 Å². The fraction of sp³-hybridized carbons (Fsp3) is 0.474. The van der Waals surface area contributed by atoms with Crippen LogP contribution >= 0.6 is 11.8 Å². The van der Waals surface area contributed by atoms with Crippen molar-refractivity contribution in [3.8, 4) is 0 Å². The van der Waals surface area contributed by atoms with Gasteiger partial charge in [0.2, 0.25) is 100 Å². The number of primary amides is 4. The molecule has 0 unspecified atom stereocenters. The first-order valence-corrected chi connectivity index (χ1v) is 39.2. The summed E-state index contributed by atoms with van der Waals surface area (Å²) in [6.45, 7) is 6.36. The Morgan fingerprint density at radius 2 is 1.18 bits per heavy atom. The average Bonchev–Trinajstić information content (AvgIpc) is 1.35. The van der Waals surface area contributed by atoms with Gasteiger partial charge in [-0.15, -0.1) is 0 Å². The molecule has 0 radical (unpaired) electrons. The second-order valence-electron chi connectivity index (χ2n) is 28.8. The number of aliphatic hydroxyl groups excluding tert-OH is 1.